The van der Waals surface area contributed by atoms with Crippen molar-refractivity contribution < 1.29 is 36.7 Å². The number of carbonyl (C=O) groups is 3. The van der Waals surface area contributed by atoms with Crippen LogP contribution >= 0.6 is 0 Å². The van der Waals surface area contributed by atoms with Crippen LogP contribution in [0.3, 0.4) is 0 Å². The van der Waals surface area contributed by atoms with Crippen molar-refractivity contribution in [2.75, 3.05) is 100 Å². The van der Waals surface area contributed by atoms with Crippen molar-refractivity contribution in [2.24, 2.45) is 0 Å². The average Bonchev–Trinajstić information content (AvgIpc) is 1.85. The van der Waals surface area contributed by atoms with Crippen LogP contribution in [0.25, 0.3) is 10.9 Å². The van der Waals surface area contributed by atoms with E-state index in [2.05, 4.69) is 66.0 Å². The van der Waals surface area contributed by atoms with E-state index in [1.54, 1.807) is 56.1 Å². The lowest BCUT2D eigenvalue weighted by atomic mass is 9.91. The highest BCUT2D eigenvalue weighted by atomic mass is 32.2. The number of anilines is 4. The van der Waals surface area contributed by atoms with Gasteiger partial charge in [-0.15, -0.1) is 0 Å². The molecule has 3 saturated heterocycles. The molecular weight excluding hydrogens is 1130 g/mol. The van der Waals surface area contributed by atoms with Gasteiger partial charge in [0.05, 0.1) is 52.4 Å². The number of aromatic nitrogens is 6. The van der Waals surface area contributed by atoms with E-state index in [0.717, 1.165) is 52.7 Å². The number of pyridine rings is 2. The Balaban J connectivity index is 0.745. The van der Waals surface area contributed by atoms with Gasteiger partial charge in [0.15, 0.2) is 15.7 Å². The number of aryl methyl sites for hydroxylation is 1. The fourth-order valence-corrected chi connectivity index (χ4v) is 12.8. The maximum atomic E-state index is 14.6. The number of nitrogens with zero attached hydrogens (tertiary/aromatic N) is 12. The Morgan fingerprint density at radius 1 is 0.839 bits per heavy atom. The topological polar surface area (TPSA) is 219 Å². The zero-order valence-electron chi connectivity index (χ0n) is 52.1. The first-order chi connectivity index (χ1) is 41.1. The van der Waals surface area contributed by atoms with Crippen LogP contribution in [0.2, 0.25) is 0 Å². The summed E-state index contributed by atoms with van der Waals surface area (Å²) in [5.74, 6) is 4.97. The molecule has 0 radical (unpaired) electrons. The quantitative estimate of drug-likeness (QED) is 0.106. The molecule has 87 heavy (non-hydrogen) atoms. The molecule has 6 aromatic rings. The molecule has 0 bridgehead atoms. The standard InChI is InChI=1S/C64H81FN14O7S/c1-41-35-76(26-25-74(41)20-19-49-37-78(61(82)86-62(5,6)7)42(2)36-77(49)38-56(80)79-39-64(11,12)57-52(79)30-46(33-67-57)29-45-13-16-48(65)17-14-45)60(81)47-15-18-55(66-34-47)75-23-21-73(22-24-75)27-28-85-53-32-51-50(31-54(53)87(83,84)63(8,9)10)59(69-40-68-51)70-58-43(3)44(4)71-72-58/h13-18,30-34,40-42,49H,21-29,35-39H2,1-12H3,(H2,68,69,70,71,72)/t41-,42-,49+/m1/s1. The summed E-state index contributed by atoms with van der Waals surface area (Å²) in [5, 5.41) is 11.1. The first-order valence-electron chi connectivity index (χ1n) is 29.9. The van der Waals surface area contributed by atoms with Gasteiger partial charge in [-0.1, -0.05) is 31.9 Å². The number of nitrogens with one attached hydrogen (secondary N) is 2. The molecule has 8 heterocycles. The normalized spacial score (nSPS) is 19.4. The van der Waals surface area contributed by atoms with Gasteiger partial charge in [-0.2, -0.15) is 5.10 Å². The molecule has 0 spiro atoms. The average molecular weight is 1210 g/mol. The molecule has 2 aromatic carbocycles. The zero-order chi connectivity index (χ0) is 62.3. The Morgan fingerprint density at radius 2 is 1.59 bits per heavy atom. The third kappa shape index (κ3) is 13.8. The van der Waals surface area contributed by atoms with E-state index in [1.807, 2.05) is 87.6 Å². The Hall–Kier alpha value is -7.94. The Morgan fingerprint density at radius 3 is 2.25 bits per heavy atom. The zero-order valence-corrected chi connectivity index (χ0v) is 52.9. The molecule has 4 aromatic heterocycles. The summed E-state index contributed by atoms with van der Waals surface area (Å²) in [4.78, 5) is 74.7. The second-order valence-corrected chi connectivity index (χ2v) is 28.7. The Labute approximate surface area is 509 Å². The number of piperazine rings is 3. The molecule has 0 saturated carbocycles. The molecule has 4 aliphatic heterocycles. The Bertz CT molecular complexity index is 3720. The van der Waals surface area contributed by atoms with Crippen molar-refractivity contribution in [3.8, 4) is 17.7 Å². The number of halogens is 1. The summed E-state index contributed by atoms with van der Waals surface area (Å²) in [5.41, 5.74) is 5.21. The number of sulfone groups is 1. The van der Waals surface area contributed by atoms with Crippen LogP contribution in [-0.2, 0) is 31.2 Å². The molecule has 4 aliphatic rings. The van der Waals surface area contributed by atoms with Crippen molar-refractivity contribution >= 4 is 61.8 Å². The molecule has 3 amide bonds. The van der Waals surface area contributed by atoms with Crippen LogP contribution in [0.4, 0.5) is 32.3 Å². The number of hydrogen-bond acceptors (Lipinski definition) is 17. The van der Waals surface area contributed by atoms with E-state index in [9.17, 15) is 27.2 Å². The van der Waals surface area contributed by atoms with Crippen LogP contribution < -0.4 is 19.9 Å². The number of ether oxygens (including phenoxy) is 2. The number of benzene rings is 2. The third-order valence-corrected chi connectivity index (χ3v) is 19.3. The molecule has 21 nitrogen and oxygen atoms in total. The highest BCUT2D eigenvalue weighted by Gasteiger charge is 2.43. The molecule has 10 rings (SSSR count). The summed E-state index contributed by atoms with van der Waals surface area (Å²) < 4.78 is 52.9. The number of fused-ring (bicyclic) bond motifs is 2. The fourth-order valence-electron chi connectivity index (χ4n) is 11.5. The maximum absolute atomic E-state index is 14.6. The van der Waals surface area contributed by atoms with Gasteiger partial charge in [-0.05, 0) is 123 Å². The van der Waals surface area contributed by atoms with Crippen molar-refractivity contribution in [1.82, 2.24) is 54.6 Å². The van der Waals surface area contributed by atoms with E-state index < -0.39 is 37.7 Å². The lowest BCUT2D eigenvalue weighted by Crippen LogP contribution is -2.61. The second kappa shape index (κ2) is 24.7. The first-order valence-corrected chi connectivity index (χ1v) is 31.3. The fraction of sp³-hybridized carbons (Fsp3) is 0.500. The number of amides is 3. The van der Waals surface area contributed by atoms with Crippen molar-refractivity contribution in [3.63, 3.8) is 0 Å². The second-order valence-electron chi connectivity index (χ2n) is 26.0. The van der Waals surface area contributed by atoms with E-state index >= 15 is 0 Å². The van der Waals surface area contributed by atoms with Crippen LogP contribution in [0.5, 0.6) is 5.75 Å². The monoisotopic (exact) mass is 1210 g/mol. The molecular formula is C64H81FN14O7S. The summed E-state index contributed by atoms with van der Waals surface area (Å²) in [7, 11) is -3.86. The number of rotatable bonds is 13. The minimum atomic E-state index is -3.86. The molecule has 3 fully saturated rings. The van der Waals surface area contributed by atoms with Gasteiger partial charge in [0.1, 0.15) is 46.6 Å². The molecule has 0 aliphatic carbocycles. The number of carbonyl (C=O) groups excluding carboxylic acids is 3. The highest BCUT2D eigenvalue weighted by Crippen LogP contribution is 2.41. The first kappa shape index (κ1) is 62.1. The summed E-state index contributed by atoms with van der Waals surface area (Å²) in [6, 6.07) is 17.9. The summed E-state index contributed by atoms with van der Waals surface area (Å²) in [6.07, 6.45) is 5.02. The largest absolute Gasteiger partial charge is 0.491 e. The molecule has 3 atom stereocenters. The summed E-state index contributed by atoms with van der Waals surface area (Å²) >= 11 is 0. The van der Waals surface area contributed by atoms with Gasteiger partial charge in [0.2, 0.25) is 5.91 Å². The van der Waals surface area contributed by atoms with Crippen LogP contribution in [-0.4, -0.2) is 195 Å². The van der Waals surface area contributed by atoms with Gasteiger partial charge in [0.25, 0.3) is 5.91 Å². The van der Waals surface area contributed by atoms with E-state index in [-0.39, 0.29) is 60.1 Å². The van der Waals surface area contributed by atoms with Gasteiger partial charge >= 0.3 is 6.09 Å². The SMILES string of the molecule is Cc1[nH]nc(Nc2ncnc3cc(OCCN4CCN(c5ccc(C(=O)N6CCN(C#C[C@H]7CN(C(=O)OC(C)(C)C)[C@H](C)CN7CC(=O)N7CC(C)(C)c8ncc(Cc9ccc(F)cc9)cc87)[C@H](C)C6)cn5)CC4)c(S(=O)(=O)C(C)(C)C)cc23)c1C. The number of H-pyrrole nitrogens is 1. The third-order valence-electron chi connectivity index (χ3n) is 16.8. The van der Waals surface area contributed by atoms with Crippen LogP contribution in [0, 0.1) is 31.6 Å². The number of aromatic amines is 1. The van der Waals surface area contributed by atoms with E-state index in [4.69, 9.17) is 19.4 Å². The lowest BCUT2D eigenvalue weighted by Gasteiger charge is -2.43. The van der Waals surface area contributed by atoms with Crippen molar-refractivity contribution in [2.45, 2.75) is 128 Å². The number of hydrogen-bond donors (Lipinski definition) is 2. The minimum absolute atomic E-state index is 0.0643. The predicted molar refractivity (Wildman–Crippen MR) is 333 cm³/mol. The van der Waals surface area contributed by atoms with Crippen LogP contribution in [0.15, 0.2) is 78.2 Å². The van der Waals surface area contributed by atoms with Gasteiger partial charge < -0.3 is 39.3 Å². The van der Waals surface area contributed by atoms with Gasteiger partial charge in [-0.25, -0.2) is 32.6 Å². The molecule has 23 heteroatoms. The molecule has 0 unspecified atom stereocenters. The van der Waals surface area contributed by atoms with Crippen molar-refractivity contribution in [3.05, 3.63) is 113 Å². The Kier molecular flexibility index (Phi) is 17.6. The lowest BCUT2D eigenvalue weighted by molar-refractivity contribution is -0.120. The molecule has 2 N–H and O–H groups in total. The maximum Gasteiger partial charge on any atom is 0.410 e. The highest BCUT2D eigenvalue weighted by molar-refractivity contribution is 7.92. The van der Waals surface area contributed by atoms with Crippen molar-refractivity contribution in [1.29, 1.82) is 0 Å². The van der Waals surface area contributed by atoms with E-state index in [1.165, 1.54) is 18.5 Å². The van der Waals surface area contributed by atoms with Gasteiger partial charge in [0, 0.05) is 118 Å². The van der Waals surface area contributed by atoms with Crippen LogP contribution in [0.1, 0.15) is 108 Å². The molecule has 462 valence electrons. The minimum Gasteiger partial charge on any atom is -0.491 e. The smallest absolute Gasteiger partial charge is 0.410 e. The van der Waals surface area contributed by atoms with E-state index in [0.29, 0.717) is 86.9 Å². The van der Waals surface area contributed by atoms with Gasteiger partial charge in [-0.3, -0.25) is 29.5 Å². The predicted octanol–water partition coefficient (Wildman–Crippen LogP) is 7.75. The summed E-state index contributed by atoms with van der Waals surface area (Å²) in [6.45, 7) is 28.7.